The molecule has 1 aliphatic rings. The summed E-state index contributed by atoms with van der Waals surface area (Å²) >= 11 is 12.0. The first kappa shape index (κ1) is 19.2. The summed E-state index contributed by atoms with van der Waals surface area (Å²) in [5.41, 5.74) is 0.984. The highest BCUT2D eigenvalue weighted by molar-refractivity contribution is 6.33. The molecular weight excluding hydrogens is 376 g/mol. The first-order chi connectivity index (χ1) is 12.6. The molecule has 0 saturated carbocycles. The van der Waals surface area contributed by atoms with E-state index in [1.165, 1.54) is 18.2 Å². The van der Waals surface area contributed by atoms with Crippen LogP contribution in [0.5, 0.6) is 0 Å². The molecule has 0 aromatic heterocycles. The highest BCUT2D eigenvalue weighted by Gasteiger charge is 2.27. The van der Waals surface area contributed by atoms with Crippen LogP contribution >= 0.6 is 23.2 Å². The van der Waals surface area contributed by atoms with E-state index in [4.69, 9.17) is 27.9 Å². The van der Waals surface area contributed by atoms with Gasteiger partial charge in [0.1, 0.15) is 5.82 Å². The topological polar surface area (TPSA) is 38.3 Å². The highest BCUT2D eigenvalue weighted by Crippen LogP contribution is 2.32. The molecule has 138 valence electrons. The lowest BCUT2D eigenvalue weighted by molar-refractivity contribution is 0.0572. The number of ether oxygens (including phenoxy) is 1. The van der Waals surface area contributed by atoms with Gasteiger partial charge < -0.3 is 10.1 Å². The van der Waals surface area contributed by atoms with Crippen LogP contribution in [-0.4, -0.2) is 25.7 Å². The van der Waals surface area contributed by atoms with Crippen molar-refractivity contribution in [3.63, 3.8) is 0 Å². The lowest BCUT2D eigenvalue weighted by atomic mass is 9.81. The van der Waals surface area contributed by atoms with Crippen LogP contribution in [0.3, 0.4) is 0 Å². The molecule has 2 aromatic rings. The van der Waals surface area contributed by atoms with E-state index in [0.717, 1.165) is 18.4 Å². The van der Waals surface area contributed by atoms with Gasteiger partial charge in [-0.2, -0.15) is 0 Å². The molecule has 1 heterocycles. The third-order valence-corrected chi connectivity index (χ3v) is 5.37. The zero-order chi connectivity index (χ0) is 18.5. The van der Waals surface area contributed by atoms with Gasteiger partial charge in [-0.1, -0.05) is 41.4 Å². The molecule has 0 bridgehead atoms. The van der Waals surface area contributed by atoms with Crippen molar-refractivity contribution in [3.05, 3.63) is 69.5 Å². The Morgan fingerprint density at radius 2 is 1.85 bits per heavy atom. The molecule has 1 saturated heterocycles. The smallest absolute Gasteiger partial charge is 0.255 e. The minimum atomic E-state index is -0.621. The lowest BCUT2D eigenvalue weighted by Gasteiger charge is -2.31. The quantitative estimate of drug-likeness (QED) is 0.766. The van der Waals surface area contributed by atoms with Crippen LogP contribution in [0, 0.1) is 11.7 Å². The normalized spacial score (nSPS) is 16.3. The zero-order valence-corrected chi connectivity index (χ0v) is 15.7. The molecule has 1 N–H and O–H groups in total. The van der Waals surface area contributed by atoms with Crippen molar-refractivity contribution in [3.8, 4) is 0 Å². The molecule has 1 unspecified atom stereocenters. The van der Waals surface area contributed by atoms with E-state index in [1.807, 2.05) is 24.3 Å². The van der Waals surface area contributed by atoms with E-state index in [1.54, 1.807) is 0 Å². The SMILES string of the molecule is O=C(NCC(c1ccc(Cl)cc1)C1CCOCC1)c1c(F)cccc1Cl. The maximum atomic E-state index is 14.0. The summed E-state index contributed by atoms with van der Waals surface area (Å²) < 4.78 is 19.4. The molecule has 1 amide bonds. The fourth-order valence-electron chi connectivity index (χ4n) is 3.39. The Morgan fingerprint density at radius 3 is 2.50 bits per heavy atom. The van der Waals surface area contributed by atoms with Gasteiger partial charge in [-0.25, -0.2) is 4.39 Å². The second-order valence-electron chi connectivity index (χ2n) is 6.41. The third kappa shape index (κ3) is 4.56. The highest BCUT2D eigenvalue weighted by atomic mass is 35.5. The number of halogens is 3. The average molecular weight is 396 g/mol. The van der Waals surface area contributed by atoms with Crippen LogP contribution in [0.15, 0.2) is 42.5 Å². The number of hydrogen-bond acceptors (Lipinski definition) is 2. The van der Waals surface area contributed by atoms with Crippen LogP contribution in [0.2, 0.25) is 10.0 Å². The van der Waals surface area contributed by atoms with E-state index in [9.17, 15) is 9.18 Å². The molecule has 1 aliphatic heterocycles. The van der Waals surface area contributed by atoms with Crippen molar-refractivity contribution in [1.82, 2.24) is 5.32 Å². The van der Waals surface area contributed by atoms with Crippen LogP contribution in [0.4, 0.5) is 4.39 Å². The zero-order valence-electron chi connectivity index (χ0n) is 14.2. The van der Waals surface area contributed by atoms with E-state index < -0.39 is 11.7 Å². The summed E-state index contributed by atoms with van der Waals surface area (Å²) in [6, 6.07) is 11.9. The predicted octanol–water partition coefficient (Wildman–Crippen LogP) is 5.07. The maximum absolute atomic E-state index is 14.0. The Kier molecular flexibility index (Phi) is 6.52. The van der Waals surface area contributed by atoms with Gasteiger partial charge in [0.2, 0.25) is 0 Å². The number of amides is 1. The van der Waals surface area contributed by atoms with Gasteiger partial charge in [0, 0.05) is 30.7 Å². The van der Waals surface area contributed by atoms with Crippen molar-refractivity contribution < 1.29 is 13.9 Å². The van der Waals surface area contributed by atoms with Crippen LogP contribution in [0.25, 0.3) is 0 Å². The van der Waals surface area contributed by atoms with Gasteiger partial charge in [-0.15, -0.1) is 0 Å². The number of rotatable bonds is 5. The molecule has 0 radical (unpaired) electrons. The minimum Gasteiger partial charge on any atom is -0.381 e. The van der Waals surface area contributed by atoms with E-state index in [2.05, 4.69) is 5.32 Å². The van der Waals surface area contributed by atoms with Gasteiger partial charge in [-0.3, -0.25) is 4.79 Å². The fourth-order valence-corrected chi connectivity index (χ4v) is 3.77. The molecule has 1 atom stereocenters. The Labute approximate surface area is 162 Å². The van der Waals surface area contributed by atoms with Gasteiger partial charge in [0.05, 0.1) is 10.6 Å². The molecule has 2 aromatic carbocycles. The number of carbonyl (C=O) groups is 1. The molecule has 26 heavy (non-hydrogen) atoms. The second kappa shape index (κ2) is 8.85. The Bertz CT molecular complexity index is 741. The Balaban J connectivity index is 1.77. The van der Waals surface area contributed by atoms with Crippen LogP contribution in [-0.2, 0) is 4.74 Å². The fraction of sp³-hybridized carbons (Fsp3) is 0.350. The summed E-state index contributed by atoms with van der Waals surface area (Å²) in [6.45, 7) is 1.82. The molecule has 6 heteroatoms. The number of carbonyl (C=O) groups excluding carboxylic acids is 1. The van der Waals surface area contributed by atoms with Crippen molar-refractivity contribution in [2.45, 2.75) is 18.8 Å². The summed E-state index contributed by atoms with van der Waals surface area (Å²) in [5.74, 6) is -0.643. The van der Waals surface area contributed by atoms with Crippen molar-refractivity contribution in [2.75, 3.05) is 19.8 Å². The third-order valence-electron chi connectivity index (χ3n) is 4.81. The van der Waals surface area contributed by atoms with Gasteiger partial charge >= 0.3 is 0 Å². The van der Waals surface area contributed by atoms with Crippen molar-refractivity contribution >= 4 is 29.1 Å². The molecule has 1 fully saturated rings. The molecule has 3 rings (SSSR count). The maximum Gasteiger partial charge on any atom is 0.255 e. The van der Waals surface area contributed by atoms with Crippen LogP contribution < -0.4 is 5.32 Å². The van der Waals surface area contributed by atoms with Crippen LogP contribution in [0.1, 0.15) is 34.7 Å². The monoisotopic (exact) mass is 395 g/mol. The van der Waals surface area contributed by atoms with Crippen molar-refractivity contribution in [1.29, 1.82) is 0 Å². The molecule has 0 spiro atoms. The average Bonchev–Trinajstić information content (AvgIpc) is 2.64. The summed E-state index contributed by atoms with van der Waals surface area (Å²) in [5, 5.41) is 3.63. The van der Waals surface area contributed by atoms with E-state index >= 15 is 0 Å². The first-order valence-corrected chi connectivity index (χ1v) is 9.37. The summed E-state index contributed by atoms with van der Waals surface area (Å²) in [4.78, 5) is 12.5. The molecule has 3 nitrogen and oxygen atoms in total. The molecule has 0 aliphatic carbocycles. The number of nitrogens with one attached hydrogen (secondary N) is 1. The standard InChI is InChI=1S/C20H20Cl2FNO2/c21-15-6-4-13(5-7-15)16(14-8-10-26-11-9-14)12-24-20(25)19-17(22)2-1-3-18(19)23/h1-7,14,16H,8-12H2,(H,24,25). The van der Waals surface area contributed by atoms with Gasteiger partial charge in [-0.05, 0) is 48.6 Å². The Hall–Kier alpha value is -1.62. The minimum absolute atomic E-state index is 0.102. The predicted molar refractivity (Wildman–Crippen MR) is 101 cm³/mol. The van der Waals surface area contributed by atoms with Crippen molar-refractivity contribution in [2.24, 2.45) is 5.92 Å². The van der Waals surface area contributed by atoms with Gasteiger partial charge in [0.25, 0.3) is 5.91 Å². The number of benzene rings is 2. The summed E-state index contributed by atoms with van der Waals surface area (Å²) in [6.07, 6.45) is 1.84. The largest absolute Gasteiger partial charge is 0.381 e. The lowest BCUT2D eigenvalue weighted by Crippen LogP contribution is -2.34. The van der Waals surface area contributed by atoms with E-state index in [-0.39, 0.29) is 16.5 Å². The molecular formula is C20H20Cl2FNO2. The first-order valence-electron chi connectivity index (χ1n) is 8.61. The number of hydrogen-bond donors (Lipinski definition) is 1. The second-order valence-corrected chi connectivity index (χ2v) is 7.26. The summed E-state index contributed by atoms with van der Waals surface area (Å²) in [7, 11) is 0. The van der Waals surface area contributed by atoms with E-state index in [0.29, 0.717) is 30.7 Å². The van der Waals surface area contributed by atoms with Gasteiger partial charge in [0.15, 0.2) is 0 Å². The Morgan fingerprint density at radius 1 is 1.15 bits per heavy atom.